The fourth-order valence-corrected chi connectivity index (χ4v) is 4.01. The van der Waals surface area contributed by atoms with Crippen molar-refractivity contribution in [2.75, 3.05) is 50.1 Å². The molecule has 0 atom stereocenters. The molecule has 1 amide bonds. The minimum atomic E-state index is -0.117. The molecule has 8 nitrogen and oxygen atoms in total. The fourth-order valence-electron chi connectivity index (χ4n) is 4.01. The van der Waals surface area contributed by atoms with E-state index in [1.54, 1.807) is 6.20 Å². The molecule has 28 heavy (non-hydrogen) atoms. The largest absolute Gasteiger partial charge is 0.466 e. The summed E-state index contributed by atoms with van der Waals surface area (Å²) in [5.41, 5.74) is 0. The van der Waals surface area contributed by atoms with Crippen molar-refractivity contribution in [3.63, 3.8) is 0 Å². The molecule has 8 heteroatoms. The van der Waals surface area contributed by atoms with Crippen LogP contribution in [0, 0.1) is 11.8 Å². The van der Waals surface area contributed by atoms with Gasteiger partial charge in [0.25, 0.3) is 0 Å². The van der Waals surface area contributed by atoms with E-state index in [2.05, 4.69) is 20.2 Å². The topological polar surface area (TPSA) is 87.7 Å². The van der Waals surface area contributed by atoms with Crippen molar-refractivity contribution in [2.45, 2.75) is 39.0 Å². The molecule has 2 fully saturated rings. The van der Waals surface area contributed by atoms with Crippen LogP contribution in [0.1, 0.15) is 39.0 Å². The minimum absolute atomic E-state index is 0.0531. The molecule has 0 spiro atoms. The zero-order chi connectivity index (χ0) is 19.9. The monoisotopic (exact) mass is 389 g/mol. The Morgan fingerprint density at radius 3 is 2.54 bits per heavy atom. The van der Waals surface area contributed by atoms with E-state index in [1.165, 1.54) is 0 Å². The smallest absolute Gasteiger partial charge is 0.309 e. The number of hydrogen-bond acceptors (Lipinski definition) is 7. The molecule has 3 heterocycles. The highest BCUT2D eigenvalue weighted by Gasteiger charge is 2.30. The molecular formula is C20H31N5O3. The molecule has 2 aliphatic heterocycles. The van der Waals surface area contributed by atoms with Gasteiger partial charge in [-0.15, -0.1) is 0 Å². The number of nitrogens with zero attached hydrogens (tertiary/aromatic N) is 4. The van der Waals surface area contributed by atoms with Crippen LogP contribution >= 0.6 is 0 Å². The van der Waals surface area contributed by atoms with Crippen molar-refractivity contribution in [1.82, 2.24) is 14.9 Å². The number of anilines is 2. The Balaban J connectivity index is 1.42. The van der Waals surface area contributed by atoms with Gasteiger partial charge in [0, 0.05) is 45.8 Å². The summed E-state index contributed by atoms with van der Waals surface area (Å²) >= 11 is 0. The van der Waals surface area contributed by atoms with Crippen LogP contribution < -0.4 is 10.2 Å². The van der Waals surface area contributed by atoms with E-state index in [0.29, 0.717) is 50.8 Å². The van der Waals surface area contributed by atoms with E-state index in [4.69, 9.17) is 4.74 Å². The van der Waals surface area contributed by atoms with Crippen LogP contribution in [0.5, 0.6) is 0 Å². The number of hydrogen-bond donors (Lipinski definition) is 1. The van der Waals surface area contributed by atoms with Gasteiger partial charge in [0.1, 0.15) is 5.82 Å². The lowest BCUT2D eigenvalue weighted by molar-refractivity contribution is -0.151. The summed E-state index contributed by atoms with van der Waals surface area (Å²) in [5, 5.41) is 2.97. The van der Waals surface area contributed by atoms with Crippen molar-refractivity contribution >= 4 is 23.6 Å². The third-order valence-corrected chi connectivity index (χ3v) is 5.73. The van der Waals surface area contributed by atoms with Gasteiger partial charge in [-0.05, 0) is 44.6 Å². The third kappa shape index (κ3) is 5.11. The lowest BCUT2D eigenvalue weighted by atomic mass is 9.91. The first-order valence-electron chi connectivity index (χ1n) is 10.3. The van der Waals surface area contributed by atoms with Crippen LogP contribution in [0.3, 0.4) is 0 Å². The summed E-state index contributed by atoms with van der Waals surface area (Å²) in [6.07, 6.45) is 5.77. The molecule has 2 saturated heterocycles. The molecule has 1 N–H and O–H groups in total. The highest BCUT2D eigenvalue weighted by Crippen LogP contribution is 2.26. The van der Waals surface area contributed by atoms with Crippen LogP contribution in [0.4, 0.5) is 11.8 Å². The van der Waals surface area contributed by atoms with Crippen LogP contribution in [-0.2, 0) is 14.3 Å². The molecule has 0 unspecified atom stereocenters. The zero-order valence-electron chi connectivity index (χ0n) is 16.9. The normalized spacial score (nSPS) is 18.8. The Labute approximate surface area is 166 Å². The highest BCUT2D eigenvalue weighted by atomic mass is 16.5. The first kappa shape index (κ1) is 20.4. The lowest BCUT2D eigenvalue weighted by Crippen LogP contribution is -2.42. The number of nitrogens with one attached hydrogen (secondary N) is 1. The van der Waals surface area contributed by atoms with Crippen LogP contribution in [0.2, 0.25) is 0 Å². The van der Waals surface area contributed by atoms with Crippen molar-refractivity contribution in [3.05, 3.63) is 12.3 Å². The van der Waals surface area contributed by atoms with Crippen molar-refractivity contribution in [1.29, 1.82) is 0 Å². The van der Waals surface area contributed by atoms with Crippen molar-refractivity contribution < 1.29 is 14.3 Å². The SMILES string of the molecule is CCOC(=O)C1CCN(C(=O)CC2CCN(c3ccnc(NC)n3)CC2)CC1. The molecule has 154 valence electrons. The van der Waals surface area contributed by atoms with E-state index in [0.717, 1.165) is 31.7 Å². The van der Waals surface area contributed by atoms with Gasteiger partial charge in [-0.3, -0.25) is 9.59 Å². The Morgan fingerprint density at radius 1 is 1.18 bits per heavy atom. The number of ether oxygens (including phenoxy) is 1. The number of likely N-dealkylation sites (tertiary alicyclic amines) is 1. The Kier molecular flexibility index (Phi) is 7.06. The first-order chi connectivity index (χ1) is 13.6. The van der Waals surface area contributed by atoms with E-state index in [1.807, 2.05) is 24.9 Å². The first-order valence-corrected chi connectivity index (χ1v) is 10.3. The van der Waals surface area contributed by atoms with Gasteiger partial charge in [-0.25, -0.2) is 4.98 Å². The zero-order valence-corrected chi connectivity index (χ0v) is 16.9. The number of rotatable bonds is 6. The van der Waals surface area contributed by atoms with Gasteiger partial charge in [-0.1, -0.05) is 0 Å². The second-order valence-corrected chi connectivity index (χ2v) is 7.53. The van der Waals surface area contributed by atoms with Crippen molar-refractivity contribution in [3.8, 4) is 0 Å². The van der Waals surface area contributed by atoms with Gasteiger partial charge in [0.15, 0.2) is 0 Å². The number of aromatic nitrogens is 2. The van der Waals surface area contributed by atoms with Crippen LogP contribution in [-0.4, -0.2) is 66.6 Å². The minimum Gasteiger partial charge on any atom is -0.466 e. The Hall–Kier alpha value is -2.38. The molecule has 0 aromatic carbocycles. The number of piperidine rings is 2. The maximum atomic E-state index is 12.7. The summed E-state index contributed by atoms with van der Waals surface area (Å²) < 4.78 is 5.10. The molecule has 0 saturated carbocycles. The Bertz CT molecular complexity index is 668. The van der Waals surface area contributed by atoms with Crippen LogP contribution in [0.15, 0.2) is 12.3 Å². The number of carbonyl (C=O) groups is 2. The fraction of sp³-hybridized carbons (Fsp3) is 0.700. The summed E-state index contributed by atoms with van der Waals surface area (Å²) in [4.78, 5) is 37.3. The molecule has 0 radical (unpaired) electrons. The van der Waals surface area contributed by atoms with E-state index in [9.17, 15) is 9.59 Å². The molecule has 1 aromatic rings. The highest BCUT2D eigenvalue weighted by molar-refractivity contribution is 5.77. The Morgan fingerprint density at radius 2 is 1.89 bits per heavy atom. The van der Waals surface area contributed by atoms with Gasteiger partial charge in [-0.2, -0.15) is 4.98 Å². The second-order valence-electron chi connectivity index (χ2n) is 7.53. The third-order valence-electron chi connectivity index (χ3n) is 5.73. The van der Waals surface area contributed by atoms with Gasteiger partial charge < -0.3 is 19.9 Å². The number of esters is 1. The summed E-state index contributed by atoms with van der Waals surface area (Å²) in [6, 6.07) is 1.93. The second kappa shape index (κ2) is 9.71. The van der Waals surface area contributed by atoms with E-state index in [-0.39, 0.29) is 17.8 Å². The number of amides is 1. The molecular weight excluding hydrogens is 358 g/mol. The maximum absolute atomic E-state index is 12.7. The van der Waals surface area contributed by atoms with Gasteiger partial charge in [0.05, 0.1) is 12.5 Å². The van der Waals surface area contributed by atoms with E-state index < -0.39 is 0 Å². The quantitative estimate of drug-likeness (QED) is 0.744. The molecule has 0 bridgehead atoms. The van der Waals surface area contributed by atoms with Crippen molar-refractivity contribution in [2.24, 2.45) is 11.8 Å². The molecule has 1 aromatic heterocycles. The summed E-state index contributed by atoms with van der Waals surface area (Å²) in [6.45, 7) is 5.38. The van der Waals surface area contributed by atoms with Gasteiger partial charge in [0.2, 0.25) is 11.9 Å². The van der Waals surface area contributed by atoms with E-state index >= 15 is 0 Å². The lowest BCUT2D eigenvalue weighted by Gasteiger charge is -2.35. The van der Waals surface area contributed by atoms with Crippen LogP contribution in [0.25, 0.3) is 0 Å². The molecule has 2 aliphatic rings. The summed E-state index contributed by atoms with van der Waals surface area (Å²) in [5.74, 6) is 2.03. The summed E-state index contributed by atoms with van der Waals surface area (Å²) in [7, 11) is 1.81. The molecule has 3 rings (SSSR count). The van der Waals surface area contributed by atoms with Gasteiger partial charge >= 0.3 is 5.97 Å². The average molecular weight is 390 g/mol. The predicted octanol–water partition coefficient (Wildman–Crippen LogP) is 1.93. The standard InChI is InChI=1S/C20H31N5O3/c1-3-28-19(27)16-7-12-25(13-8-16)18(26)14-15-5-10-24(11-6-15)17-4-9-22-20(21-2)23-17/h4,9,15-16H,3,5-8,10-14H2,1-2H3,(H,21,22,23). The molecule has 0 aliphatic carbocycles. The average Bonchev–Trinajstić information content (AvgIpc) is 2.74. The number of carbonyl (C=O) groups excluding carboxylic acids is 2. The predicted molar refractivity (Wildman–Crippen MR) is 107 cm³/mol. The maximum Gasteiger partial charge on any atom is 0.309 e.